The summed E-state index contributed by atoms with van der Waals surface area (Å²) in [5.74, 6) is 1.86. The van der Waals surface area contributed by atoms with Crippen LogP contribution in [0.2, 0.25) is 0 Å². The highest BCUT2D eigenvalue weighted by molar-refractivity contribution is 7.13. The summed E-state index contributed by atoms with van der Waals surface area (Å²) in [6.45, 7) is 5.23. The van der Waals surface area contributed by atoms with Crippen LogP contribution < -0.4 is 14.8 Å². The zero-order chi connectivity index (χ0) is 21.5. The van der Waals surface area contributed by atoms with Crippen molar-refractivity contribution in [2.75, 3.05) is 32.6 Å². The minimum atomic E-state index is -0.109. The van der Waals surface area contributed by atoms with Crippen LogP contribution in [0.1, 0.15) is 18.3 Å². The lowest BCUT2D eigenvalue weighted by molar-refractivity contribution is -0.117. The molecule has 0 aliphatic rings. The summed E-state index contributed by atoms with van der Waals surface area (Å²) in [6, 6.07) is 11.3. The SMILES string of the molecule is CCOc1ccc(-c2nc(CN(C)CC(=O)Nc3cccc(C)n3)cs2)cc1OC. The first-order chi connectivity index (χ1) is 14.5. The van der Waals surface area contributed by atoms with Gasteiger partial charge in [-0.3, -0.25) is 9.69 Å². The van der Waals surface area contributed by atoms with E-state index in [1.165, 1.54) is 0 Å². The van der Waals surface area contributed by atoms with Crippen molar-refractivity contribution < 1.29 is 14.3 Å². The molecular weight excluding hydrogens is 400 g/mol. The molecule has 2 heterocycles. The van der Waals surface area contributed by atoms with E-state index in [1.54, 1.807) is 24.5 Å². The molecule has 0 spiro atoms. The van der Waals surface area contributed by atoms with Crippen LogP contribution in [0.4, 0.5) is 5.82 Å². The Balaban J connectivity index is 1.60. The Morgan fingerprint density at radius 3 is 2.77 bits per heavy atom. The van der Waals surface area contributed by atoms with E-state index in [0.29, 0.717) is 24.7 Å². The molecule has 0 fully saturated rings. The van der Waals surface area contributed by atoms with Crippen molar-refractivity contribution in [3.63, 3.8) is 0 Å². The van der Waals surface area contributed by atoms with Crippen LogP contribution >= 0.6 is 11.3 Å². The van der Waals surface area contributed by atoms with Gasteiger partial charge in [-0.15, -0.1) is 11.3 Å². The number of hydrogen-bond donors (Lipinski definition) is 1. The van der Waals surface area contributed by atoms with Crippen molar-refractivity contribution in [1.82, 2.24) is 14.9 Å². The first kappa shape index (κ1) is 21.7. The molecule has 1 aromatic carbocycles. The molecule has 0 radical (unpaired) electrons. The number of thiazole rings is 1. The van der Waals surface area contributed by atoms with Crippen LogP contribution in [-0.4, -0.2) is 48.1 Å². The molecule has 1 amide bonds. The first-order valence-corrected chi connectivity index (χ1v) is 10.5. The molecule has 0 unspecified atom stereocenters. The normalized spacial score (nSPS) is 10.8. The van der Waals surface area contributed by atoms with Gasteiger partial charge in [-0.1, -0.05) is 6.07 Å². The van der Waals surface area contributed by atoms with Crippen LogP contribution in [0.25, 0.3) is 10.6 Å². The van der Waals surface area contributed by atoms with Crippen LogP contribution in [0.5, 0.6) is 11.5 Å². The molecule has 0 aliphatic heterocycles. The minimum absolute atomic E-state index is 0.109. The molecular formula is C22H26N4O3S. The maximum atomic E-state index is 12.3. The fourth-order valence-corrected chi connectivity index (χ4v) is 3.77. The van der Waals surface area contributed by atoms with Gasteiger partial charge >= 0.3 is 0 Å². The van der Waals surface area contributed by atoms with E-state index in [9.17, 15) is 4.79 Å². The average molecular weight is 427 g/mol. The fourth-order valence-electron chi connectivity index (χ4n) is 2.96. The number of nitrogens with one attached hydrogen (secondary N) is 1. The van der Waals surface area contributed by atoms with Crippen LogP contribution in [-0.2, 0) is 11.3 Å². The number of methoxy groups -OCH3 is 1. The van der Waals surface area contributed by atoms with E-state index in [4.69, 9.17) is 14.5 Å². The molecule has 3 rings (SSSR count). The van der Waals surface area contributed by atoms with Crippen molar-refractivity contribution in [2.45, 2.75) is 20.4 Å². The third kappa shape index (κ3) is 5.77. The van der Waals surface area contributed by atoms with Gasteiger partial charge in [-0.2, -0.15) is 0 Å². The summed E-state index contributed by atoms with van der Waals surface area (Å²) in [5, 5.41) is 5.73. The molecule has 0 saturated heterocycles. The van der Waals surface area contributed by atoms with Gasteiger partial charge in [0.05, 0.1) is 26.0 Å². The summed E-state index contributed by atoms with van der Waals surface area (Å²) in [6.07, 6.45) is 0. The third-order valence-electron chi connectivity index (χ3n) is 4.26. The zero-order valence-corrected chi connectivity index (χ0v) is 18.5. The number of carbonyl (C=O) groups excluding carboxylic acids is 1. The van der Waals surface area contributed by atoms with Crippen molar-refractivity contribution in [3.05, 3.63) is 53.2 Å². The lowest BCUT2D eigenvalue weighted by Gasteiger charge is -2.14. The Kier molecular flexibility index (Phi) is 7.37. The van der Waals surface area contributed by atoms with Gasteiger partial charge in [0.2, 0.25) is 5.91 Å². The molecule has 30 heavy (non-hydrogen) atoms. The number of pyridine rings is 1. The lowest BCUT2D eigenvalue weighted by Crippen LogP contribution is -2.30. The number of nitrogens with zero attached hydrogens (tertiary/aromatic N) is 3. The van der Waals surface area contributed by atoms with Crippen molar-refractivity contribution in [1.29, 1.82) is 0 Å². The van der Waals surface area contributed by atoms with E-state index >= 15 is 0 Å². The van der Waals surface area contributed by atoms with E-state index in [2.05, 4.69) is 10.3 Å². The van der Waals surface area contributed by atoms with Gasteiger partial charge in [0.15, 0.2) is 11.5 Å². The summed E-state index contributed by atoms with van der Waals surface area (Å²) >= 11 is 1.56. The van der Waals surface area contributed by atoms with Crippen molar-refractivity contribution >= 4 is 23.1 Å². The highest BCUT2D eigenvalue weighted by Gasteiger charge is 2.13. The smallest absolute Gasteiger partial charge is 0.239 e. The number of anilines is 1. The number of hydrogen-bond acceptors (Lipinski definition) is 7. The van der Waals surface area contributed by atoms with Gasteiger partial charge in [0, 0.05) is 23.2 Å². The molecule has 0 atom stereocenters. The first-order valence-electron chi connectivity index (χ1n) is 9.66. The standard InChI is InChI=1S/C22H26N4O3S/c1-5-29-18-10-9-16(11-19(18)28-4)22-24-17(14-30-22)12-26(3)13-21(27)25-20-8-6-7-15(2)23-20/h6-11,14H,5,12-13H2,1-4H3,(H,23,25,27). The lowest BCUT2D eigenvalue weighted by atomic mass is 10.2. The molecule has 0 bridgehead atoms. The van der Waals surface area contributed by atoms with Gasteiger partial charge < -0.3 is 14.8 Å². The zero-order valence-electron chi connectivity index (χ0n) is 17.6. The number of likely N-dealkylation sites (N-methyl/N-ethyl adjacent to an activating group) is 1. The number of benzene rings is 1. The van der Waals surface area contributed by atoms with Gasteiger partial charge in [-0.25, -0.2) is 9.97 Å². The highest BCUT2D eigenvalue weighted by atomic mass is 32.1. The topological polar surface area (TPSA) is 76.6 Å². The van der Waals surface area contributed by atoms with Crippen molar-refractivity contribution in [3.8, 4) is 22.1 Å². The Bertz CT molecular complexity index is 1010. The largest absolute Gasteiger partial charge is 0.493 e. The second-order valence-electron chi connectivity index (χ2n) is 6.83. The monoisotopic (exact) mass is 426 g/mol. The average Bonchev–Trinajstić information content (AvgIpc) is 3.16. The minimum Gasteiger partial charge on any atom is -0.493 e. The summed E-state index contributed by atoms with van der Waals surface area (Å²) in [5.41, 5.74) is 2.74. The third-order valence-corrected chi connectivity index (χ3v) is 5.20. The second kappa shape index (κ2) is 10.2. The number of carbonyl (C=O) groups is 1. The Hall–Kier alpha value is -2.97. The van der Waals surface area contributed by atoms with Gasteiger partial charge in [0.25, 0.3) is 0 Å². The van der Waals surface area contributed by atoms with Crippen LogP contribution in [0.15, 0.2) is 41.8 Å². The van der Waals surface area contributed by atoms with Crippen molar-refractivity contribution in [2.24, 2.45) is 0 Å². The summed E-state index contributed by atoms with van der Waals surface area (Å²) < 4.78 is 11.0. The Labute approximate surface area is 180 Å². The Morgan fingerprint density at radius 1 is 1.20 bits per heavy atom. The van der Waals surface area contributed by atoms with E-state index in [0.717, 1.165) is 27.7 Å². The molecule has 8 heteroatoms. The van der Waals surface area contributed by atoms with Gasteiger partial charge in [0.1, 0.15) is 10.8 Å². The predicted molar refractivity (Wildman–Crippen MR) is 119 cm³/mol. The maximum absolute atomic E-state index is 12.3. The van der Waals surface area contributed by atoms with Crippen LogP contribution in [0.3, 0.4) is 0 Å². The molecule has 3 aromatic rings. The molecule has 2 aromatic heterocycles. The van der Waals surface area contributed by atoms with E-state index < -0.39 is 0 Å². The number of aromatic nitrogens is 2. The molecule has 0 aliphatic carbocycles. The molecule has 1 N–H and O–H groups in total. The highest BCUT2D eigenvalue weighted by Crippen LogP contribution is 2.33. The fraction of sp³-hybridized carbons (Fsp3) is 0.318. The number of ether oxygens (including phenoxy) is 2. The number of rotatable bonds is 9. The Morgan fingerprint density at radius 2 is 2.03 bits per heavy atom. The van der Waals surface area contributed by atoms with Crippen LogP contribution in [0, 0.1) is 6.92 Å². The predicted octanol–water partition coefficient (Wildman–Crippen LogP) is 3.99. The maximum Gasteiger partial charge on any atom is 0.239 e. The molecule has 158 valence electrons. The van der Waals surface area contributed by atoms with E-state index in [-0.39, 0.29) is 12.5 Å². The quantitative estimate of drug-likeness (QED) is 0.558. The second-order valence-corrected chi connectivity index (χ2v) is 7.69. The molecule has 0 saturated carbocycles. The number of aryl methyl sites for hydroxylation is 1. The molecule has 7 nitrogen and oxygen atoms in total. The summed E-state index contributed by atoms with van der Waals surface area (Å²) in [7, 11) is 3.52. The number of amides is 1. The van der Waals surface area contributed by atoms with Gasteiger partial charge in [-0.05, 0) is 51.2 Å². The summed E-state index contributed by atoms with van der Waals surface area (Å²) in [4.78, 5) is 23.2. The van der Waals surface area contributed by atoms with E-state index in [1.807, 2.05) is 61.5 Å².